The second-order valence-electron chi connectivity index (χ2n) is 8.02. The fourth-order valence-corrected chi connectivity index (χ4v) is 2.43. The molecule has 0 amide bonds. The van der Waals surface area contributed by atoms with Crippen molar-refractivity contribution in [3.63, 3.8) is 0 Å². The highest BCUT2D eigenvalue weighted by Gasteiger charge is 2.30. The van der Waals surface area contributed by atoms with Gasteiger partial charge in [0, 0.05) is 16.7 Å². The SMILES string of the molecule is CC(C)(C)C1=CC(Cc2ccccc2)C=C(C(C)(C)C)O1. The lowest BCUT2D eigenvalue weighted by molar-refractivity contribution is 0.153. The monoisotopic (exact) mass is 284 g/mol. The first kappa shape index (κ1) is 15.9. The minimum absolute atomic E-state index is 0.0414. The van der Waals surface area contributed by atoms with Gasteiger partial charge in [0.05, 0.1) is 0 Å². The van der Waals surface area contributed by atoms with Crippen LogP contribution in [0.25, 0.3) is 0 Å². The van der Waals surface area contributed by atoms with Gasteiger partial charge >= 0.3 is 0 Å². The molecule has 1 heterocycles. The Labute approximate surface area is 129 Å². The van der Waals surface area contributed by atoms with E-state index in [1.807, 2.05) is 0 Å². The summed E-state index contributed by atoms with van der Waals surface area (Å²) in [7, 11) is 0. The molecule has 21 heavy (non-hydrogen) atoms. The Kier molecular flexibility index (Phi) is 4.32. The molecular weight excluding hydrogens is 256 g/mol. The van der Waals surface area contributed by atoms with Crippen molar-refractivity contribution in [2.75, 3.05) is 0 Å². The molecule has 0 saturated carbocycles. The van der Waals surface area contributed by atoms with Gasteiger partial charge in [0.1, 0.15) is 11.5 Å². The second kappa shape index (κ2) is 5.71. The number of hydrogen-bond donors (Lipinski definition) is 0. The zero-order chi connectivity index (χ0) is 15.7. The smallest absolute Gasteiger partial charge is 0.106 e. The topological polar surface area (TPSA) is 9.23 Å². The molecule has 1 aromatic rings. The third kappa shape index (κ3) is 4.23. The summed E-state index contributed by atoms with van der Waals surface area (Å²) in [5.74, 6) is 2.59. The van der Waals surface area contributed by atoms with E-state index < -0.39 is 0 Å². The van der Waals surface area contributed by atoms with E-state index in [1.54, 1.807) is 0 Å². The van der Waals surface area contributed by atoms with Crippen molar-refractivity contribution in [3.05, 3.63) is 59.6 Å². The van der Waals surface area contributed by atoms with Crippen LogP contribution in [0.2, 0.25) is 0 Å². The van der Waals surface area contributed by atoms with Gasteiger partial charge in [-0.3, -0.25) is 0 Å². The van der Waals surface area contributed by atoms with Crippen molar-refractivity contribution in [2.24, 2.45) is 16.7 Å². The molecule has 0 radical (unpaired) electrons. The minimum Gasteiger partial charge on any atom is -0.466 e. The van der Waals surface area contributed by atoms with Gasteiger partial charge in [0.15, 0.2) is 0 Å². The normalized spacial score (nSPS) is 17.0. The fraction of sp³-hybridized carbons (Fsp3) is 0.500. The molecule has 1 aliphatic heterocycles. The van der Waals surface area contributed by atoms with Gasteiger partial charge in [-0.05, 0) is 24.1 Å². The molecular formula is C20H28O. The lowest BCUT2D eigenvalue weighted by atomic mass is 9.84. The molecule has 0 fully saturated rings. The minimum atomic E-state index is 0.0414. The van der Waals surface area contributed by atoms with E-state index in [2.05, 4.69) is 84.0 Å². The maximum Gasteiger partial charge on any atom is 0.106 e. The van der Waals surface area contributed by atoms with Crippen LogP contribution in [0, 0.1) is 16.7 Å². The number of hydrogen-bond acceptors (Lipinski definition) is 1. The van der Waals surface area contributed by atoms with E-state index in [4.69, 9.17) is 4.74 Å². The standard InChI is InChI=1S/C20H28O/c1-19(2,3)17-13-16(12-15-10-8-7-9-11-15)14-18(21-17)20(4,5)6/h7-11,13-14,16H,12H2,1-6H3. The number of allylic oxidation sites excluding steroid dienone is 4. The molecule has 0 aromatic heterocycles. The molecule has 114 valence electrons. The van der Waals surface area contributed by atoms with Crippen molar-refractivity contribution in [3.8, 4) is 0 Å². The van der Waals surface area contributed by atoms with E-state index in [9.17, 15) is 0 Å². The van der Waals surface area contributed by atoms with E-state index in [-0.39, 0.29) is 10.8 Å². The van der Waals surface area contributed by atoms with Crippen molar-refractivity contribution in [1.82, 2.24) is 0 Å². The highest BCUT2D eigenvalue weighted by Crippen LogP contribution is 2.39. The molecule has 0 aliphatic carbocycles. The van der Waals surface area contributed by atoms with Crippen molar-refractivity contribution in [2.45, 2.75) is 48.0 Å². The predicted octanol–water partition coefficient (Wildman–Crippen LogP) is 5.74. The Bertz CT molecular complexity index is 505. The molecule has 1 nitrogen and oxygen atoms in total. The van der Waals surface area contributed by atoms with Crippen LogP contribution in [0.3, 0.4) is 0 Å². The molecule has 0 spiro atoms. The highest BCUT2D eigenvalue weighted by molar-refractivity contribution is 5.25. The first-order chi connectivity index (χ1) is 9.66. The van der Waals surface area contributed by atoms with Crippen molar-refractivity contribution >= 4 is 0 Å². The van der Waals surface area contributed by atoms with Crippen LogP contribution in [0.4, 0.5) is 0 Å². The summed E-state index contributed by atoms with van der Waals surface area (Å²) in [6.07, 6.45) is 5.62. The summed E-state index contributed by atoms with van der Waals surface area (Å²) in [5, 5.41) is 0. The van der Waals surface area contributed by atoms with Crippen LogP contribution in [-0.4, -0.2) is 0 Å². The lowest BCUT2D eigenvalue weighted by Gasteiger charge is -2.34. The molecule has 0 N–H and O–H groups in total. The van der Waals surface area contributed by atoms with E-state index in [1.165, 1.54) is 5.56 Å². The van der Waals surface area contributed by atoms with Gasteiger partial charge in [0.2, 0.25) is 0 Å². The van der Waals surface area contributed by atoms with Gasteiger partial charge in [-0.25, -0.2) is 0 Å². The van der Waals surface area contributed by atoms with Gasteiger partial charge in [-0.15, -0.1) is 0 Å². The van der Waals surface area contributed by atoms with E-state index >= 15 is 0 Å². The first-order valence-electron chi connectivity index (χ1n) is 7.82. The average molecular weight is 284 g/mol. The zero-order valence-electron chi connectivity index (χ0n) is 14.2. The summed E-state index contributed by atoms with van der Waals surface area (Å²) >= 11 is 0. The van der Waals surface area contributed by atoms with Crippen molar-refractivity contribution < 1.29 is 4.74 Å². The molecule has 0 atom stereocenters. The molecule has 1 heteroatoms. The zero-order valence-corrected chi connectivity index (χ0v) is 14.2. The Morgan fingerprint density at radius 1 is 0.810 bits per heavy atom. The van der Waals surface area contributed by atoms with Gasteiger partial charge in [-0.2, -0.15) is 0 Å². The molecule has 0 saturated heterocycles. The van der Waals surface area contributed by atoms with E-state index in [0.717, 1.165) is 17.9 Å². The number of benzene rings is 1. The molecule has 1 aliphatic rings. The van der Waals surface area contributed by atoms with Gasteiger partial charge in [0.25, 0.3) is 0 Å². The number of ether oxygens (including phenoxy) is 1. The van der Waals surface area contributed by atoms with Crippen LogP contribution in [0.1, 0.15) is 47.1 Å². The summed E-state index contributed by atoms with van der Waals surface area (Å²) in [6, 6.07) is 10.7. The van der Waals surface area contributed by atoms with Gasteiger partial charge in [-0.1, -0.05) is 71.9 Å². The summed E-state index contributed by atoms with van der Waals surface area (Å²) in [4.78, 5) is 0. The molecule has 0 bridgehead atoms. The summed E-state index contributed by atoms with van der Waals surface area (Å²) in [5.41, 5.74) is 1.46. The maximum absolute atomic E-state index is 6.21. The third-order valence-electron chi connectivity index (χ3n) is 3.74. The fourth-order valence-electron chi connectivity index (χ4n) is 2.43. The highest BCUT2D eigenvalue weighted by atomic mass is 16.5. The maximum atomic E-state index is 6.21. The molecule has 0 unspecified atom stereocenters. The lowest BCUT2D eigenvalue weighted by Crippen LogP contribution is -2.23. The predicted molar refractivity (Wildman–Crippen MR) is 89.8 cm³/mol. The Balaban J connectivity index is 2.29. The van der Waals surface area contributed by atoms with Crippen LogP contribution >= 0.6 is 0 Å². The first-order valence-corrected chi connectivity index (χ1v) is 7.82. The largest absolute Gasteiger partial charge is 0.466 e. The molecule has 1 aromatic carbocycles. The van der Waals surface area contributed by atoms with Crippen LogP contribution in [0.5, 0.6) is 0 Å². The van der Waals surface area contributed by atoms with Crippen LogP contribution in [-0.2, 0) is 11.2 Å². The quantitative estimate of drug-likeness (QED) is 0.673. The van der Waals surface area contributed by atoms with Crippen molar-refractivity contribution in [1.29, 1.82) is 0 Å². The summed E-state index contributed by atoms with van der Waals surface area (Å²) < 4.78 is 6.21. The Morgan fingerprint density at radius 2 is 1.29 bits per heavy atom. The van der Waals surface area contributed by atoms with Crippen LogP contribution < -0.4 is 0 Å². The Morgan fingerprint density at radius 3 is 1.71 bits per heavy atom. The van der Waals surface area contributed by atoms with Gasteiger partial charge < -0.3 is 4.74 Å². The van der Waals surface area contributed by atoms with Crippen LogP contribution in [0.15, 0.2) is 54.0 Å². The average Bonchev–Trinajstić information content (AvgIpc) is 2.37. The third-order valence-corrected chi connectivity index (χ3v) is 3.74. The second-order valence-corrected chi connectivity index (χ2v) is 8.02. The molecule has 2 rings (SSSR count). The summed E-state index contributed by atoms with van der Waals surface area (Å²) in [6.45, 7) is 13.3. The number of rotatable bonds is 2. The Hall–Kier alpha value is -1.50. The van der Waals surface area contributed by atoms with E-state index in [0.29, 0.717) is 5.92 Å².